The second-order valence-corrected chi connectivity index (χ2v) is 5.92. The van der Waals surface area contributed by atoms with Gasteiger partial charge in [-0.2, -0.15) is 11.8 Å². The summed E-state index contributed by atoms with van der Waals surface area (Å²) in [6.07, 6.45) is 1.71. The molecule has 1 aliphatic heterocycles. The van der Waals surface area contributed by atoms with Crippen LogP contribution in [0.2, 0.25) is 0 Å². The average molecular weight is 292 g/mol. The van der Waals surface area contributed by atoms with Crippen LogP contribution in [0.5, 0.6) is 0 Å². The van der Waals surface area contributed by atoms with Crippen molar-refractivity contribution < 1.29 is 14.6 Å². The zero-order valence-electron chi connectivity index (χ0n) is 11.8. The van der Waals surface area contributed by atoms with Crippen molar-refractivity contribution in [3.05, 3.63) is 41.0 Å². The maximum Gasteiger partial charge on any atom is 0.313 e. The van der Waals surface area contributed by atoms with E-state index in [4.69, 9.17) is 4.74 Å². The Hall–Kier alpha value is -1.26. The van der Waals surface area contributed by atoms with Gasteiger partial charge in [0.2, 0.25) is 0 Å². The number of ether oxygens (including phenoxy) is 1. The van der Waals surface area contributed by atoms with Crippen LogP contribution in [0.15, 0.2) is 29.8 Å². The molecule has 1 saturated heterocycles. The molecule has 0 aliphatic carbocycles. The summed E-state index contributed by atoms with van der Waals surface area (Å²) in [7, 11) is 0. The van der Waals surface area contributed by atoms with Crippen LogP contribution in [0.25, 0.3) is 6.08 Å². The summed E-state index contributed by atoms with van der Waals surface area (Å²) < 4.78 is 5.02. The fourth-order valence-electron chi connectivity index (χ4n) is 2.13. The van der Waals surface area contributed by atoms with Crippen LogP contribution < -0.4 is 0 Å². The first kappa shape index (κ1) is 15.1. The maximum absolute atomic E-state index is 11.7. The molecule has 2 unspecified atom stereocenters. The van der Waals surface area contributed by atoms with Crippen molar-refractivity contribution in [3.63, 3.8) is 0 Å². The molecule has 0 saturated carbocycles. The predicted molar refractivity (Wildman–Crippen MR) is 82.8 cm³/mol. The summed E-state index contributed by atoms with van der Waals surface area (Å²) in [6, 6.07) is 7.85. The lowest BCUT2D eigenvalue weighted by atomic mass is 9.99. The first-order valence-corrected chi connectivity index (χ1v) is 8.00. The van der Waals surface area contributed by atoms with E-state index in [1.54, 1.807) is 11.8 Å². The van der Waals surface area contributed by atoms with Gasteiger partial charge >= 0.3 is 5.97 Å². The van der Waals surface area contributed by atoms with Crippen molar-refractivity contribution >= 4 is 23.8 Å². The Bertz CT molecular complexity index is 493. The fraction of sp³-hybridized carbons (Fsp3) is 0.438. The van der Waals surface area contributed by atoms with Crippen LogP contribution in [0, 0.1) is 0 Å². The predicted octanol–water partition coefficient (Wildman–Crippen LogP) is 2.84. The topological polar surface area (TPSA) is 46.5 Å². The van der Waals surface area contributed by atoms with Crippen LogP contribution in [-0.2, 0) is 9.53 Å². The molecule has 0 aromatic heterocycles. The van der Waals surface area contributed by atoms with Gasteiger partial charge in [0.05, 0.1) is 18.6 Å². The Morgan fingerprint density at radius 2 is 2.20 bits per heavy atom. The van der Waals surface area contributed by atoms with Gasteiger partial charge in [0.15, 0.2) is 0 Å². The van der Waals surface area contributed by atoms with Crippen molar-refractivity contribution in [2.75, 3.05) is 18.1 Å². The Balaban J connectivity index is 2.08. The summed E-state index contributed by atoms with van der Waals surface area (Å²) in [4.78, 5) is 11.7. The minimum Gasteiger partial charge on any atom is -0.466 e. The third kappa shape index (κ3) is 3.64. The molecular formula is C16H20O3S. The van der Waals surface area contributed by atoms with Gasteiger partial charge in [-0.3, -0.25) is 4.79 Å². The van der Waals surface area contributed by atoms with Gasteiger partial charge in [-0.1, -0.05) is 30.3 Å². The number of hydrogen-bond acceptors (Lipinski definition) is 4. The van der Waals surface area contributed by atoms with Gasteiger partial charge in [-0.25, -0.2) is 0 Å². The second-order valence-electron chi connectivity index (χ2n) is 4.89. The summed E-state index contributed by atoms with van der Waals surface area (Å²) in [5, 5.41) is 9.77. The molecular weight excluding hydrogens is 272 g/mol. The van der Waals surface area contributed by atoms with Crippen LogP contribution in [0.3, 0.4) is 0 Å². The number of hydrogen-bond donors (Lipinski definition) is 1. The summed E-state index contributed by atoms with van der Waals surface area (Å²) in [5.41, 5.74) is 3.08. The quantitative estimate of drug-likeness (QED) is 0.867. The van der Waals surface area contributed by atoms with E-state index in [1.165, 1.54) is 0 Å². The highest BCUT2D eigenvalue weighted by Crippen LogP contribution is 2.26. The lowest BCUT2D eigenvalue weighted by Gasteiger charge is -2.11. The summed E-state index contributed by atoms with van der Waals surface area (Å²) in [5.74, 6) is 1.23. The number of aliphatic hydroxyl groups excluding tert-OH is 1. The van der Waals surface area contributed by atoms with E-state index < -0.39 is 0 Å². The molecule has 1 N–H and O–H groups in total. The Morgan fingerprint density at radius 1 is 1.50 bits per heavy atom. The third-order valence-electron chi connectivity index (χ3n) is 3.40. The molecule has 20 heavy (non-hydrogen) atoms. The number of esters is 1. The molecule has 2 rings (SSSR count). The van der Waals surface area contributed by atoms with Crippen molar-refractivity contribution in [2.24, 2.45) is 0 Å². The first-order valence-electron chi connectivity index (χ1n) is 6.84. The van der Waals surface area contributed by atoms with Gasteiger partial charge in [0.25, 0.3) is 0 Å². The van der Waals surface area contributed by atoms with Crippen LogP contribution in [0.4, 0.5) is 0 Å². The smallest absolute Gasteiger partial charge is 0.313 e. The van der Waals surface area contributed by atoms with E-state index in [0.717, 1.165) is 28.2 Å². The minimum absolute atomic E-state index is 0.193. The standard InChI is InChI=1S/C16H20O3S/c1-3-19-16(18)11(2)13-6-4-12(5-7-13)8-14-9-20-10-15(14)17/h4-8,11,15,17H,3,9-10H2,1-2H3/b14-8+. The SMILES string of the molecule is CCOC(=O)C(C)c1ccc(/C=C2\CSCC2O)cc1. The lowest BCUT2D eigenvalue weighted by molar-refractivity contribution is -0.144. The monoisotopic (exact) mass is 292 g/mol. The molecule has 0 amide bonds. The maximum atomic E-state index is 11.7. The van der Waals surface area contributed by atoms with Gasteiger partial charge in [-0.15, -0.1) is 0 Å². The van der Waals surface area contributed by atoms with Crippen LogP contribution in [0.1, 0.15) is 30.9 Å². The molecule has 1 aromatic rings. The lowest BCUT2D eigenvalue weighted by Crippen LogP contribution is -2.12. The molecule has 3 nitrogen and oxygen atoms in total. The van der Waals surface area contributed by atoms with Gasteiger partial charge in [-0.05, 0) is 30.5 Å². The van der Waals surface area contributed by atoms with Crippen molar-refractivity contribution in [3.8, 4) is 0 Å². The third-order valence-corrected chi connectivity index (χ3v) is 4.49. The van der Waals surface area contributed by atoms with Crippen LogP contribution >= 0.6 is 11.8 Å². The summed E-state index contributed by atoms with van der Waals surface area (Å²) >= 11 is 1.75. The number of carbonyl (C=O) groups is 1. The molecule has 1 heterocycles. The molecule has 1 aromatic carbocycles. The normalized spacial score (nSPS) is 21.9. The average Bonchev–Trinajstić information content (AvgIpc) is 2.85. The largest absolute Gasteiger partial charge is 0.466 e. The van der Waals surface area contributed by atoms with Crippen molar-refractivity contribution in [1.82, 2.24) is 0 Å². The zero-order valence-corrected chi connectivity index (χ0v) is 12.7. The Labute approximate surface area is 124 Å². The number of carbonyl (C=O) groups excluding carboxylic acids is 1. The van der Waals surface area contributed by atoms with Gasteiger partial charge in [0.1, 0.15) is 0 Å². The fourth-order valence-corrected chi connectivity index (χ4v) is 3.19. The molecule has 0 spiro atoms. The highest BCUT2D eigenvalue weighted by Gasteiger charge is 2.19. The molecule has 4 heteroatoms. The highest BCUT2D eigenvalue weighted by molar-refractivity contribution is 7.99. The van der Waals surface area contributed by atoms with Crippen molar-refractivity contribution in [1.29, 1.82) is 0 Å². The van der Waals surface area contributed by atoms with E-state index in [9.17, 15) is 9.90 Å². The van der Waals surface area contributed by atoms with E-state index >= 15 is 0 Å². The molecule has 0 radical (unpaired) electrons. The Morgan fingerprint density at radius 3 is 2.75 bits per heavy atom. The second kappa shape index (κ2) is 6.95. The van der Waals surface area contributed by atoms with Gasteiger partial charge < -0.3 is 9.84 Å². The number of aliphatic hydroxyl groups is 1. The molecule has 0 bridgehead atoms. The highest BCUT2D eigenvalue weighted by atomic mass is 32.2. The van der Waals surface area contributed by atoms with Crippen LogP contribution in [-0.4, -0.2) is 35.3 Å². The van der Waals surface area contributed by atoms with E-state index in [-0.39, 0.29) is 18.0 Å². The van der Waals surface area contributed by atoms with Gasteiger partial charge in [0, 0.05) is 11.5 Å². The van der Waals surface area contributed by atoms with Crippen molar-refractivity contribution in [2.45, 2.75) is 25.9 Å². The molecule has 2 atom stereocenters. The zero-order chi connectivity index (χ0) is 14.5. The first-order chi connectivity index (χ1) is 9.61. The summed E-state index contributed by atoms with van der Waals surface area (Å²) in [6.45, 7) is 4.07. The molecule has 1 aliphatic rings. The number of thioether (sulfide) groups is 1. The van der Waals surface area contributed by atoms with E-state index in [0.29, 0.717) is 6.61 Å². The van der Waals surface area contributed by atoms with E-state index in [2.05, 4.69) is 0 Å². The molecule has 108 valence electrons. The number of rotatable bonds is 4. The minimum atomic E-state index is -0.321. The molecule has 1 fully saturated rings. The van der Waals surface area contributed by atoms with E-state index in [1.807, 2.05) is 44.2 Å². The Kier molecular flexibility index (Phi) is 5.26. The number of benzene rings is 1.